The van der Waals surface area contributed by atoms with Gasteiger partial charge in [-0.3, -0.25) is 9.59 Å². The molecule has 0 saturated heterocycles. The van der Waals surface area contributed by atoms with Crippen molar-refractivity contribution in [2.45, 2.75) is 6.92 Å². The second-order valence-electron chi connectivity index (χ2n) is 7.10. The van der Waals surface area contributed by atoms with Crippen LogP contribution in [0.2, 0.25) is 0 Å². The van der Waals surface area contributed by atoms with Crippen LogP contribution in [0.5, 0.6) is 0 Å². The predicted octanol–water partition coefficient (Wildman–Crippen LogP) is 5.25. The van der Waals surface area contributed by atoms with Crippen molar-refractivity contribution in [1.82, 2.24) is 5.43 Å². The van der Waals surface area contributed by atoms with Crippen molar-refractivity contribution in [2.24, 2.45) is 5.10 Å². The number of carbonyl (C=O) groups is 2. The lowest BCUT2D eigenvalue weighted by molar-refractivity contribution is 0.0954. The van der Waals surface area contributed by atoms with Gasteiger partial charge in [0.25, 0.3) is 11.8 Å². The molecule has 0 fully saturated rings. The van der Waals surface area contributed by atoms with E-state index >= 15 is 0 Å². The predicted molar refractivity (Wildman–Crippen MR) is 124 cm³/mol. The highest BCUT2D eigenvalue weighted by Gasteiger charge is 2.08. The van der Waals surface area contributed by atoms with E-state index in [0.717, 1.165) is 16.3 Å². The van der Waals surface area contributed by atoms with E-state index in [4.69, 9.17) is 0 Å². The lowest BCUT2D eigenvalue weighted by Gasteiger charge is -2.07. The molecule has 0 unspecified atom stereocenters. The van der Waals surface area contributed by atoms with Crippen LogP contribution in [0.15, 0.2) is 102 Å². The standard InChI is InChI=1S/C26H21N3O2/c1-18(22-12-11-19-7-5-6-10-23(19)17-22)28-29-26(31)21-13-15-24(16-14-21)27-25(30)20-8-3-2-4-9-20/h2-17H,1H3,(H,27,30)(H,29,31)/b28-18-. The fourth-order valence-electron chi connectivity index (χ4n) is 3.18. The molecule has 2 N–H and O–H groups in total. The Morgan fingerprint density at radius 2 is 1.26 bits per heavy atom. The number of hydrogen-bond donors (Lipinski definition) is 2. The van der Waals surface area contributed by atoms with Gasteiger partial charge in [0.2, 0.25) is 0 Å². The number of rotatable bonds is 5. The molecule has 0 aliphatic carbocycles. The average Bonchev–Trinajstić information content (AvgIpc) is 2.83. The first-order valence-corrected chi connectivity index (χ1v) is 9.90. The van der Waals surface area contributed by atoms with Crippen LogP contribution in [0, 0.1) is 0 Å². The van der Waals surface area contributed by atoms with Crippen LogP contribution in [0.25, 0.3) is 10.8 Å². The van der Waals surface area contributed by atoms with Gasteiger partial charge in [0.1, 0.15) is 0 Å². The molecular formula is C26H21N3O2. The first-order chi connectivity index (χ1) is 15.1. The molecule has 4 aromatic carbocycles. The molecule has 0 heterocycles. The summed E-state index contributed by atoms with van der Waals surface area (Å²) in [5.74, 6) is -0.519. The van der Waals surface area contributed by atoms with Gasteiger partial charge in [0, 0.05) is 16.8 Å². The lowest BCUT2D eigenvalue weighted by Crippen LogP contribution is -2.19. The van der Waals surface area contributed by atoms with Gasteiger partial charge in [-0.05, 0) is 65.7 Å². The van der Waals surface area contributed by atoms with E-state index in [0.29, 0.717) is 22.5 Å². The maximum atomic E-state index is 12.4. The van der Waals surface area contributed by atoms with Crippen molar-refractivity contribution in [3.8, 4) is 0 Å². The quantitative estimate of drug-likeness (QED) is 0.351. The number of nitrogens with one attached hydrogen (secondary N) is 2. The Bertz CT molecular complexity index is 1260. The van der Waals surface area contributed by atoms with Crippen molar-refractivity contribution in [3.05, 3.63) is 114 Å². The number of fused-ring (bicyclic) bond motifs is 1. The second kappa shape index (κ2) is 9.05. The third-order valence-corrected chi connectivity index (χ3v) is 4.93. The van der Waals surface area contributed by atoms with E-state index in [9.17, 15) is 9.59 Å². The molecule has 0 radical (unpaired) electrons. The monoisotopic (exact) mass is 407 g/mol. The summed E-state index contributed by atoms with van der Waals surface area (Å²) < 4.78 is 0. The summed E-state index contributed by atoms with van der Waals surface area (Å²) in [5.41, 5.74) is 5.89. The van der Waals surface area contributed by atoms with Crippen LogP contribution >= 0.6 is 0 Å². The molecular weight excluding hydrogens is 386 g/mol. The Labute approximate surface area is 180 Å². The molecule has 0 aliphatic heterocycles. The first kappa shape index (κ1) is 20.0. The highest BCUT2D eigenvalue weighted by Crippen LogP contribution is 2.16. The first-order valence-electron chi connectivity index (χ1n) is 9.90. The van der Waals surface area contributed by atoms with Gasteiger partial charge < -0.3 is 5.32 Å². The molecule has 0 bridgehead atoms. The summed E-state index contributed by atoms with van der Waals surface area (Å²) in [6.07, 6.45) is 0. The van der Waals surface area contributed by atoms with Crippen LogP contribution < -0.4 is 10.7 Å². The minimum Gasteiger partial charge on any atom is -0.322 e. The summed E-state index contributed by atoms with van der Waals surface area (Å²) in [4.78, 5) is 24.7. The zero-order chi connectivity index (χ0) is 21.6. The van der Waals surface area contributed by atoms with Gasteiger partial charge in [0.15, 0.2) is 0 Å². The van der Waals surface area contributed by atoms with Crippen molar-refractivity contribution in [2.75, 3.05) is 5.32 Å². The van der Waals surface area contributed by atoms with Crippen LogP contribution in [0.1, 0.15) is 33.2 Å². The van der Waals surface area contributed by atoms with Gasteiger partial charge in [-0.2, -0.15) is 5.10 Å². The van der Waals surface area contributed by atoms with Crippen molar-refractivity contribution < 1.29 is 9.59 Å². The molecule has 5 heteroatoms. The summed E-state index contributed by atoms with van der Waals surface area (Å²) in [6.45, 7) is 1.85. The third kappa shape index (κ3) is 4.85. The summed E-state index contributed by atoms with van der Waals surface area (Å²) in [5, 5.41) is 9.32. The molecule has 4 rings (SSSR count). The number of benzene rings is 4. The van der Waals surface area contributed by atoms with Crippen molar-refractivity contribution >= 4 is 34.0 Å². The zero-order valence-corrected chi connectivity index (χ0v) is 17.0. The SMILES string of the molecule is C/C(=N/NC(=O)c1ccc(NC(=O)c2ccccc2)cc1)c1ccc2ccccc2c1. The van der Waals surface area contributed by atoms with Crippen molar-refractivity contribution in [3.63, 3.8) is 0 Å². The van der Waals surface area contributed by atoms with Gasteiger partial charge in [-0.1, -0.05) is 54.6 Å². The van der Waals surface area contributed by atoms with E-state index in [1.165, 1.54) is 0 Å². The number of hydrogen-bond acceptors (Lipinski definition) is 3. The van der Waals surface area contributed by atoms with Gasteiger partial charge in [-0.25, -0.2) is 5.43 Å². The minimum atomic E-state index is -0.318. The fraction of sp³-hybridized carbons (Fsp3) is 0.0385. The normalized spacial score (nSPS) is 11.2. The summed E-state index contributed by atoms with van der Waals surface area (Å²) >= 11 is 0. The number of anilines is 1. The molecule has 0 aliphatic rings. The van der Waals surface area contributed by atoms with E-state index in [1.807, 2.05) is 61.5 Å². The van der Waals surface area contributed by atoms with Crippen LogP contribution in [-0.2, 0) is 0 Å². The fourth-order valence-corrected chi connectivity index (χ4v) is 3.18. The van der Waals surface area contributed by atoms with Crippen LogP contribution in [0.4, 0.5) is 5.69 Å². The Kier molecular flexibility index (Phi) is 5.85. The number of amides is 2. The highest BCUT2D eigenvalue weighted by molar-refractivity contribution is 6.05. The Hall–Kier alpha value is -4.25. The van der Waals surface area contributed by atoms with E-state index < -0.39 is 0 Å². The molecule has 0 saturated carbocycles. The Balaban J connectivity index is 1.40. The Morgan fingerprint density at radius 3 is 2.00 bits per heavy atom. The maximum Gasteiger partial charge on any atom is 0.271 e. The molecule has 0 atom stereocenters. The smallest absolute Gasteiger partial charge is 0.271 e. The molecule has 5 nitrogen and oxygen atoms in total. The molecule has 4 aromatic rings. The number of nitrogens with zero attached hydrogens (tertiary/aromatic N) is 1. The molecule has 0 aromatic heterocycles. The van der Waals surface area contributed by atoms with Crippen molar-refractivity contribution in [1.29, 1.82) is 0 Å². The van der Waals surface area contributed by atoms with E-state index in [2.05, 4.69) is 21.9 Å². The second-order valence-corrected chi connectivity index (χ2v) is 7.10. The maximum absolute atomic E-state index is 12.4. The number of hydrazone groups is 1. The molecule has 2 amide bonds. The third-order valence-electron chi connectivity index (χ3n) is 4.93. The molecule has 0 spiro atoms. The average molecular weight is 407 g/mol. The van der Waals surface area contributed by atoms with Gasteiger partial charge in [-0.15, -0.1) is 0 Å². The van der Waals surface area contributed by atoms with E-state index in [-0.39, 0.29) is 11.8 Å². The Morgan fingerprint density at radius 1 is 0.645 bits per heavy atom. The number of carbonyl (C=O) groups excluding carboxylic acids is 2. The topological polar surface area (TPSA) is 70.6 Å². The van der Waals surface area contributed by atoms with E-state index in [1.54, 1.807) is 36.4 Å². The van der Waals surface area contributed by atoms with Gasteiger partial charge >= 0.3 is 0 Å². The van der Waals surface area contributed by atoms with Crippen LogP contribution in [-0.4, -0.2) is 17.5 Å². The van der Waals surface area contributed by atoms with Crippen LogP contribution in [0.3, 0.4) is 0 Å². The summed E-state index contributed by atoms with van der Waals surface area (Å²) in [7, 11) is 0. The lowest BCUT2D eigenvalue weighted by atomic mass is 10.0. The minimum absolute atomic E-state index is 0.201. The zero-order valence-electron chi connectivity index (χ0n) is 17.0. The summed E-state index contributed by atoms with van der Waals surface area (Å²) in [6, 6.07) is 29.8. The highest BCUT2D eigenvalue weighted by atomic mass is 16.2. The molecule has 31 heavy (non-hydrogen) atoms. The largest absolute Gasteiger partial charge is 0.322 e. The molecule has 152 valence electrons. The van der Waals surface area contributed by atoms with Gasteiger partial charge in [0.05, 0.1) is 5.71 Å².